The molecule has 42 valence electrons. The van der Waals surface area contributed by atoms with Gasteiger partial charge in [-0.25, -0.2) is 4.39 Å². The lowest BCUT2D eigenvalue weighted by atomic mass is 10.2. The van der Waals surface area contributed by atoms with Crippen LogP contribution < -0.4 is 5.73 Å². The minimum Gasteiger partial charge on any atom is -0.325 e. The highest BCUT2D eigenvalue weighted by molar-refractivity contribution is 5.00. The van der Waals surface area contributed by atoms with E-state index in [1.54, 1.807) is 6.92 Å². The van der Waals surface area contributed by atoms with Gasteiger partial charge in [0.1, 0.15) is 5.67 Å². The third-order valence-corrected chi connectivity index (χ3v) is 1.54. The molecule has 0 aromatic rings. The van der Waals surface area contributed by atoms with Gasteiger partial charge < -0.3 is 5.73 Å². The summed E-state index contributed by atoms with van der Waals surface area (Å²) >= 11 is 0. The average Bonchev–Trinajstić information content (AvgIpc) is 2.21. The van der Waals surface area contributed by atoms with Gasteiger partial charge in [0.05, 0.1) is 0 Å². The molecule has 1 aliphatic rings. The van der Waals surface area contributed by atoms with E-state index >= 15 is 0 Å². The third kappa shape index (κ3) is 0.752. The Labute approximate surface area is 42.7 Å². The second-order valence-corrected chi connectivity index (χ2v) is 2.32. The molecule has 0 heterocycles. The molecule has 0 spiro atoms. The van der Waals surface area contributed by atoms with Gasteiger partial charge >= 0.3 is 0 Å². The quantitative estimate of drug-likeness (QED) is 0.522. The van der Waals surface area contributed by atoms with Crippen LogP contribution in [0.4, 0.5) is 4.39 Å². The van der Waals surface area contributed by atoms with Crippen molar-refractivity contribution in [2.45, 2.75) is 31.5 Å². The minimum absolute atomic E-state index is 0.257. The molecule has 0 bridgehead atoms. The minimum atomic E-state index is -0.972. The largest absolute Gasteiger partial charge is 0.325 e. The number of halogens is 1. The number of nitrogens with two attached hydrogens (primary N) is 1. The van der Waals surface area contributed by atoms with E-state index in [2.05, 4.69) is 0 Å². The van der Waals surface area contributed by atoms with Gasteiger partial charge in [-0.15, -0.1) is 0 Å². The van der Waals surface area contributed by atoms with Crippen molar-refractivity contribution in [2.75, 3.05) is 0 Å². The molecule has 0 aromatic heterocycles. The van der Waals surface area contributed by atoms with E-state index in [0.717, 1.165) is 0 Å². The summed E-state index contributed by atoms with van der Waals surface area (Å²) in [6.45, 7) is 1.72. The second-order valence-electron chi connectivity index (χ2n) is 2.32. The standard InChI is InChI=1S/C5H10FN/c1-4(7)5(6)2-3-5/h4H,2-3,7H2,1H3. The lowest BCUT2D eigenvalue weighted by Gasteiger charge is -2.06. The van der Waals surface area contributed by atoms with Crippen molar-refractivity contribution < 1.29 is 4.39 Å². The van der Waals surface area contributed by atoms with E-state index in [9.17, 15) is 4.39 Å². The lowest BCUT2D eigenvalue weighted by Crippen LogP contribution is -2.29. The predicted molar refractivity (Wildman–Crippen MR) is 26.7 cm³/mol. The zero-order chi connectivity index (χ0) is 5.49. The van der Waals surface area contributed by atoms with Crippen LogP contribution in [0.2, 0.25) is 0 Å². The second kappa shape index (κ2) is 1.19. The van der Waals surface area contributed by atoms with Gasteiger partial charge in [-0.1, -0.05) is 0 Å². The summed E-state index contributed by atoms with van der Waals surface area (Å²) in [5.41, 5.74) is 4.28. The van der Waals surface area contributed by atoms with Gasteiger partial charge in [-0.2, -0.15) is 0 Å². The molecule has 1 nitrogen and oxygen atoms in total. The summed E-state index contributed by atoms with van der Waals surface area (Å²) < 4.78 is 12.5. The average molecular weight is 103 g/mol. The topological polar surface area (TPSA) is 26.0 Å². The Balaban J connectivity index is 2.39. The molecule has 1 unspecified atom stereocenters. The first kappa shape index (κ1) is 5.04. The van der Waals surface area contributed by atoms with Gasteiger partial charge in [-0.05, 0) is 19.8 Å². The molecule has 1 rings (SSSR count). The van der Waals surface area contributed by atoms with Crippen molar-refractivity contribution in [1.29, 1.82) is 0 Å². The Kier molecular flexibility index (Phi) is 0.854. The van der Waals surface area contributed by atoms with Crippen molar-refractivity contribution in [3.8, 4) is 0 Å². The zero-order valence-electron chi connectivity index (χ0n) is 4.45. The molecule has 1 atom stereocenters. The third-order valence-electron chi connectivity index (χ3n) is 1.54. The van der Waals surface area contributed by atoms with Crippen LogP contribution in [-0.4, -0.2) is 11.7 Å². The van der Waals surface area contributed by atoms with Crippen LogP contribution in [0.1, 0.15) is 19.8 Å². The van der Waals surface area contributed by atoms with E-state index in [4.69, 9.17) is 5.73 Å². The van der Waals surface area contributed by atoms with E-state index in [-0.39, 0.29) is 6.04 Å². The molecule has 1 saturated carbocycles. The maximum atomic E-state index is 12.5. The Bertz CT molecular complexity index is 76.1. The highest BCUT2D eigenvalue weighted by atomic mass is 19.1. The van der Waals surface area contributed by atoms with Gasteiger partial charge in [0.15, 0.2) is 0 Å². The molecular formula is C5H10FN. The fourth-order valence-electron chi connectivity index (χ4n) is 0.575. The zero-order valence-corrected chi connectivity index (χ0v) is 4.45. The van der Waals surface area contributed by atoms with Gasteiger partial charge in [0.2, 0.25) is 0 Å². The van der Waals surface area contributed by atoms with Crippen molar-refractivity contribution >= 4 is 0 Å². The molecule has 0 aliphatic heterocycles. The molecule has 7 heavy (non-hydrogen) atoms. The van der Waals surface area contributed by atoms with Crippen LogP contribution in [0.3, 0.4) is 0 Å². The van der Waals surface area contributed by atoms with Crippen molar-refractivity contribution in [3.63, 3.8) is 0 Å². The molecule has 2 N–H and O–H groups in total. The number of hydrogen-bond donors (Lipinski definition) is 1. The molecule has 0 radical (unpaired) electrons. The summed E-state index contributed by atoms with van der Waals surface area (Å²) in [6.07, 6.45) is 1.34. The maximum absolute atomic E-state index is 12.5. The fraction of sp³-hybridized carbons (Fsp3) is 1.00. The summed E-state index contributed by atoms with van der Waals surface area (Å²) in [5, 5.41) is 0. The first-order valence-corrected chi connectivity index (χ1v) is 2.60. The Morgan fingerprint density at radius 1 is 1.71 bits per heavy atom. The Morgan fingerprint density at radius 2 is 2.14 bits per heavy atom. The highest BCUT2D eigenvalue weighted by Gasteiger charge is 2.46. The van der Waals surface area contributed by atoms with E-state index in [0.29, 0.717) is 12.8 Å². The van der Waals surface area contributed by atoms with Crippen LogP contribution in [0.15, 0.2) is 0 Å². The molecule has 0 amide bonds. The van der Waals surface area contributed by atoms with Crippen molar-refractivity contribution in [3.05, 3.63) is 0 Å². The Morgan fingerprint density at radius 3 is 2.14 bits per heavy atom. The first-order valence-electron chi connectivity index (χ1n) is 2.60. The predicted octanol–water partition coefficient (Wildman–Crippen LogP) is 0.836. The van der Waals surface area contributed by atoms with Gasteiger partial charge in [0, 0.05) is 6.04 Å². The van der Waals surface area contributed by atoms with Crippen LogP contribution in [0.25, 0.3) is 0 Å². The molecule has 1 fully saturated rings. The van der Waals surface area contributed by atoms with Gasteiger partial charge in [0.25, 0.3) is 0 Å². The first-order chi connectivity index (χ1) is 3.15. The van der Waals surface area contributed by atoms with Crippen LogP contribution in [0, 0.1) is 0 Å². The van der Waals surface area contributed by atoms with E-state index in [1.807, 2.05) is 0 Å². The van der Waals surface area contributed by atoms with Crippen LogP contribution in [-0.2, 0) is 0 Å². The van der Waals surface area contributed by atoms with Gasteiger partial charge in [-0.3, -0.25) is 0 Å². The summed E-state index contributed by atoms with van der Waals surface area (Å²) in [7, 11) is 0. The maximum Gasteiger partial charge on any atom is 0.126 e. The molecule has 1 aliphatic carbocycles. The monoisotopic (exact) mass is 103 g/mol. The molecular weight excluding hydrogens is 93.1 g/mol. The molecule has 0 saturated heterocycles. The fourth-order valence-corrected chi connectivity index (χ4v) is 0.575. The molecule has 2 heteroatoms. The lowest BCUT2D eigenvalue weighted by molar-refractivity contribution is 0.267. The van der Waals surface area contributed by atoms with Crippen molar-refractivity contribution in [1.82, 2.24) is 0 Å². The summed E-state index contributed by atoms with van der Waals surface area (Å²) in [6, 6.07) is -0.257. The smallest absolute Gasteiger partial charge is 0.126 e. The normalized spacial score (nSPS) is 29.6. The molecule has 0 aromatic carbocycles. The summed E-state index contributed by atoms with van der Waals surface area (Å²) in [5.74, 6) is 0. The number of rotatable bonds is 1. The van der Waals surface area contributed by atoms with Crippen LogP contribution in [0.5, 0.6) is 0 Å². The van der Waals surface area contributed by atoms with E-state index in [1.165, 1.54) is 0 Å². The van der Waals surface area contributed by atoms with Crippen LogP contribution >= 0.6 is 0 Å². The van der Waals surface area contributed by atoms with Crippen molar-refractivity contribution in [2.24, 2.45) is 5.73 Å². The highest BCUT2D eigenvalue weighted by Crippen LogP contribution is 2.41. The van der Waals surface area contributed by atoms with E-state index < -0.39 is 5.67 Å². The SMILES string of the molecule is CC(N)C1(F)CC1. The summed E-state index contributed by atoms with van der Waals surface area (Å²) in [4.78, 5) is 0. The number of hydrogen-bond acceptors (Lipinski definition) is 1. The number of alkyl halides is 1. The Hall–Kier alpha value is -0.110.